The zero-order valence-corrected chi connectivity index (χ0v) is 23.0. The normalized spacial score (nSPS) is 13.5. The molecular formula is C27H41N5O5. The van der Waals surface area contributed by atoms with Crippen molar-refractivity contribution in [3.63, 3.8) is 0 Å². The molecule has 1 aromatic carbocycles. The Kier molecular flexibility index (Phi) is 12.1. The highest BCUT2D eigenvalue weighted by Gasteiger charge is 2.38. The Bertz CT molecular complexity index is 991. The van der Waals surface area contributed by atoms with Crippen LogP contribution in [0.4, 0.5) is 4.79 Å². The first-order chi connectivity index (χ1) is 17.2. The molecule has 4 N–H and O–H groups in total. The molecule has 37 heavy (non-hydrogen) atoms. The van der Waals surface area contributed by atoms with Gasteiger partial charge in [0, 0.05) is 12.5 Å². The third-order valence-corrected chi connectivity index (χ3v) is 5.68. The highest BCUT2D eigenvalue weighted by atomic mass is 16.6. The van der Waals surface area contributed by atoms with E-state index in [0.717, 1.165) is 28.9 Å². The number of amides is 4. The van der Waals surface area contributed by atoms with Gasteiger partial charge in [0.2, 0.25) is 17.7 Å². The molecule has 1 aromatic rings. The van der Waals surface area contributed by atoms with Crippen LogP contribution >= 0.6 is 0 Å². The Balaban J connectivity index is 3.56. The summed E-state index contributed by atoms with van der Waals surface area (Å²) in [5.41, 5.74) is 6.61. The van der Waals surface area contributed by atoms with Crippen molar-refractivity contribution in [2.75, 3.05) is 6.54 Å². The van der Waals surface area contributed by atoms with E-state index in [9.17, 15) is 24.4 Å². The summed E-state index contributed by atoms with van der Waals surface area (Å²) in [6.45, 7) is 12.1. The van der Waals surface area contributed by atoms with Gasteiger partial charge in [-0.25, -0.2) is 4.79 Å². The van der Waals surface area contributed by atoms with Crippen LogP contribution in [0.2, 0.25) is 0 Å². The molecule has 0 spiro atoms. The van der Waals surface area contributed by atoms with Crippen molar-refractivity contribution in [1.29, 1.82) is 5.26 Å². The van der Waals surface area contributed by atoms with E-state index in [1.54, 1.807) is 20.8 Å². The molecule has 4 amide bonds. The van der Waals surface area contributed by atoms with E-state index in [4.69, 9.17) is 10.5 Å². The molecule has 10 heteroatoms. The van der Waals surface area contributed by atoms with Crippen LogP contribution in [-0.2, 0) is 19.1 Å². The lowest BCUT2D eigenvalue weighted by atomic mass is 9.93. The van der Waals surface area contributed by atoms with E-state index in [-0.39, 0.29) is 18.9 Å². The number of hydrogen-bond acceptors (Lipinski definition) is 6. The zero-order valence-electron chi connectivity index (χ0n) is 23.0. The fourth-order valence-electron chi connectivity index (χ4n) is 4.08. The van der Waals surface area contributed by atoms with Gasteiger partial charge in [-0.15, -0.1) is 0 Å². The number of hydrogen-bond donors (Lipinski definition) is 3. The molecule has 0 aliphatic carbocycles. The van der Waals surface area contributed by atoms with Gasteiger partial charge in [-0.1, -0.05) is 31.5 Å². The molecule has 1 rings (SSSR count). The second kappa shape index (κ2) is 14.2. The first kappa shape index (κ1) is 31.4. The predicted octanol–water partition coefficient (Wildman–Crippen LogP) is 3.16. The van der Waals surface area contributed by atoms with E-state index >= 15 is 0 Å². The van der Waals surface area contributed by atoms with Gasteiger partial charge in [0.15, 0.2) is 0 Å². The largest absolute Gasteiger partial charge is 0.444 e. The minimum Gasteiger partial charge on any atom is -0.444 e. The Labute approximate surface area is 219 Å². The topological polar surface area (TPSA) is 155 Å². The van der Waals surface area contributed by atoms with Crippen molar-refractivity contribution in [1.82, 2.24) is 15.5 Å². The van der Waals surface area contributed by atoms with Crippen LogP contribution in [0, 0.1) is 25.2 Å². The van der Waals surface area contributed by atoms with Gasteiger partial charge in [-0.3, -0.25) is 14.4 Å². The summed E-state index contributed by atoms with van der Waals surface area (Å²) < 4.78 is 5.29. The van der Waals surface area contributed by atoms with Gasteiger partial charge < -0.3 is 26.0 Å². The van der Waals surface area contributed by atoms with Gasteiger partial charge in [0.25, 0.3) is 0 Å². The summed E-state index contributed by atoms with van der Waals surface area (Å²) in [4.78, 5) is 52.7. The second-order valence-electron chi connectivity index (χ2n) is 10.2. The monoisotopic (exact) mass is 515 g/mol. The average molecular weight is 516 g/mol. The SMILES string of the molecule is CCCC(C)NC(=O)C(c1c(C)cccc1C)N(CC#N)C(=O)C(CCC(N)=O)NC(=O)OC(C)(C)C. The van der Waals surface area contributed by atoms with Crippen molar-refractivity contribution < 1.29 is 23.9 Å². The Morgan fingerprint density at radius 2 is 1.70 bits per heavy atom. The highest BCUT2D eigenvalue weighted by molar-refractivity contribution is 5.93. The number of ether oxygens (including phenoxy) is 1. The lowest BCUT2D eigenvalue weighted by Crippen LogP contribution is -2.54. The maximum atomic E-state index is 13.9. The van der Waals surface area contributed by atoms with Crippen LogP contribution in [0.5, 0.6) is 0 Å². The van der Waals surface area contributed by atoms with Crippen molar-refractivity contribution in [3.8, 4) is 6.07 Å². The fourth-order valence-corrected chi connectivity index (χ4v) is 4.08. The molecule has 204 valence electrons. The number of alkyl carbamates (subject to hydrolysis) is 1. The van der Waals surface area contributed by atoms with Crippen LogP contribution < -0.4 is 16.4 Å². The van der Waals surface area contributed by atoms with E-state index in [1.165, 1.54) is 0 Å². The number of rotatable bonds is 12. The minimum atomic E-state index is -1.25. The molecule has 0 radical (unpaired) electrons. The number of carbonyl (C=O) groups excluding carboxylic acids is 4. The molecule has 10 nitrogen and oxygen atoms in total. The number of nitrogens with one attached hydrogen (secondary N) is 2. The molecular weight excluding hydrogens is 474 g/mol. The summed E-state index contributed by atoms with van der Waals surface area (Å²) in [5.74, 6) is -1.79. The molecule has 0 heterocycles. The van der Waals surface area contributed by atoms with Crippen molar-refractivity contribution in [2.24, 2.45) is 5.73 Å². The minimum absolute atomic E-state index is 0.122. The summed E-state index contributed by atoms with van der Waals surface area (Å²) in [5, 5.41) is 15.1. The number of nitrogens with zero attached hydrogens (tertiary/aromatic N) is 2. The van der Waals surface area contributed by atoms with Gasteiger partial charge in [0.1, 0.15) is 24.2 Å². The van der Waals surface area contributed by atoms with Gasteiger partial charge >= 0.3 is 6.09 Å². The summed E-state index contributed by atoms with van der Waals surface area (Å²) in [6, 6.07) is 4.94. The first-order valence-corrected chi connectivity index (χ1v) is 12.5. The van der Waals surface area contributed by atoms with Crippen LogP contribution in [0.25, 0.3) is 0 Å². The maximum absolute atomic E-state index is 13.9. The average Bonchev–Trinajstić information content (AvgIpc) is 2.76. The number of aryl methyl sites for hydroxylation is 2. The number of nitrogens with two attached hydrogens (primary N) is 1. The summed E-state index contributed by atoms with van der Waals surface area (Å²) in [6.07, 6.45) is 0.407. The smallest absolute Gasteiger partial charge is 0.408 e. The first-order valence-electron chi connectivity index (χ1n) is 12.5. The molecule has 0 aliphatic rings. The molecule has 0 saturated carbocycles. The van der Waals surface area contributed by atoms with E-state index in [2.05, 4.69) is 10.6 Å². The van der Waals surface area contributed by atoms with Crippen molar-refractivity contribution in [3.05, 3.63) is 34.9 Å². The number of nitriles is 1. The number of primary amides is 1. The van der Waals surface area contributed by atoms with Crippen LogP contribution in [0.15, 0.2) is 18.2 Å². The lowest BCUT2D eigenvalue weighted by molar-refractivity contribution is -0.142. The molecule has 3 atom stereocenters. The highest BCUT2D eigenvalue weighted by Crippen LogP contribution is 2.29. The van der Waals surface area contributed by atoms with E-state index < -0.39 is 48.0 Å². The fraction of sp³-hybridized carbons (Fsp3) is 0.593. The number of carbonyl (C=O) groups is 4. The Morgan fingerprint density at radius 3 is 2.19 bits per heavy atom. The Hall–Kier alpha value is -3.61. The predicted molar refractivity (Wildman–Crippen MR) is 140 cm³/mol. The van der Waals surface area contributed by atoms with E-state index in [0.29, 0.717) is 5.56 Å². The van der Waals surface area contributed by atoms with Gasteiger partial charge in [0.05, 0.1) is 6.07 Å². The molecule has 3 unspecified atom stereocenters. The third-order valence-electron chi connectivity index (χ3n) is 5.68. The summed E-state index contributed by atoms with van der Waals surface area (Å²) >= 11 is 0. The number of benzene rings is 1. The second-order valence-corrected chi connectivity index (χ2v) is 10.2. The maximum Gasteiger partial charge on any atom is 0.408 e. The lowest BCUT2D eigenvalue weighted by Gasteiger charge is -2.34. The van der Waals surface area contributed by atoms with Crippen molar-refractivity contribution >= 4 is 23.8 Å². The van der Waals surface area contributed by atoms with E-state index in [1.807, 2.05) is 52.0 Å². The summed E-state index contributed by atoms with van der Waals surface area (Å²) in [7, 11) is 0. The molecule has 0 saturated heterocycles. The standard InChI is InChI=1S/C27H41N5O5/c1-8-10-19(4)30-24(34)23(22-17(2)11-9-12-18(22)3)32(16-15-28)25(35)20(13-14-21(29)33)31-26(36)37-27(5,6)7/h9,11-12,19-20,23H,8,10,13-14,16H2,1-7H3,(H2,29,33)(H,30,34)(H,31,36). The van der Waals surface area contributed by atoms with Crippen LogP contribution in [0.3, 0.4) is 0 Å². The zero-order chi connectivity index (χ0) is 28.3. The van der Waals surface area contributed by atoms with Crippen molar-refractivity contribution in [2.45, 2.75) is 97.9 Å². The molecule has 0 aliphatic heterocycles. The van der Waals surface area contributed by atoms with Crippen LogP contribution in [-0.4, -0.2) is 52.9 Å². The van der Waals surface area contributed by atoms with Gasteiger partial charge in [-0.05, 0) is 71.1 Å². The third kappa shape index (κ3) is 10.1. The molecule has 0 bridgehead atoms. The Morgan fingerprint density at radius 1 is 1.11 bits per heavy atom. The van der Waals surface area contributed by atoms with Crippen LogP contribution in [0.1, 0.15) is 83.0 Å². The molecule has 0 fully saturated rings. The quantitative estimate of drug-likeness (QED) is 0.363. The van der Waals surface area contributed by atoms with Gasteiger partial charge in [-0.2, -0.15) is 5.26 Å². The molecule has 0 aromatic heterocycles.